The summed E-state index contributed by atoms with van der Waals surface area (Å²) in [5, 5.41) is 2.53. The molecule has 5 heteroatoms. The van der Waals surface area contributed by atoms with Crippen molar-refractivity contribution in [3.8, 4) is 5.75 Å². The molecule has 0 aliphatic carbocycles. The van der Waals surface area contributed by atoms with Gasteiger partial charge in [0, 0.05) is 49.0 Å². The number of para-hydroxylation sites is 3. The Morgan fingerprint density at radius 2 is 1.72 bits per heavy atom. The zero-order valence-corrected chi connectivity index (χ0v) is 16.8. The van der Waals surface area contributed by atoms with Crippen molar-refractivity contribution in [2.45, 2.75) is 13.5 Å². The molecule has 0 atom stereocenters. The Hall–Kier alpha value is -3.05. The molecule has 1 N–H and O–H groups in total. The van der Waals surface area contributed by atoms with Gasteiger partial charge in [0.2, 0.25) is 0 Å². The lowest BCUT2D eigenvalue weighted by Gasteiger charge is -2.36. The number of piperazine rings is 1. The maximum Gasteiger partial charge on any atom is 0.142 e. The third kappa shape index (κ3) is 3.54. The van der Waals surface area contributed by atoms with Crippen molar-refractivity contribution in [2.75, 3.05) is 37.7 Å². The largest absolute Gasteiger partial charge is 0.492 e. The number of pyridine rings is 1. The Kier molecular flexibility index (Phi) is 4.82. The zero-order chi connectivity index (χ0) is 19.6. The van der Waals surface area contributed by atoms with Crippen LogP contribution in [-0.4, -0.2) is 47.7 Å². The molecule has 0 radical (unpaired) electrons. The van der Waals surface area contributed by atoms with E-state index in [2.05, 4.69) is 63.3 Å². The predicted octanol–water partition coefficient (Wildman–Crippen LogP) is 4.44. The molecule has 4 aromatic rings. The standard InChI is InChI=1S/C24H26N4O/c1-2-29-24-10-6-5-9-23(24)28-13-11-27(12-14-28)17-18-15-20-19-7-3-4-8-21(19)26-22(20)16-25-18/h3-10,15-16,26H,2,11-14,17H2,1H3. The average Bonchev–Trinajstić information content (AvgIpc) is 3.13. The van der Waals surface area contributed by atoms with Crippen LogP contribution in [0.1, 0.15) is 12.6 Å². The van der Waals surface area contributed by atoms with Crippen LogP contribution < -0.4 is 9.64 Å². The molecular weight excluding hydrogens is 360 g/mol. The first kappa shape index (κ1) is 18.0. The van der Waals surface area contributed by atoms with Crippen molar-refractivity contribution in [1.82, 2.24) is 14.9 Å². The highest BCUT2D eigenvalue weighted by Gasteiger charge is 2.20. The molecule has 3 heterocycles. The van der Waals surface area contributed by atoms with Crippen molar-refractivity contribution < 1.29 is 4.74 Å². The smallest absolute Gasteiger partial charge is 0.142 e. The average molecular weight is 386 g/mol. The van der Waals surface area contributed by atoms with Gasteiger partial charge in [0.1, 0.15) is 5.75 Å². The van der Waals surface area contributed by atoms with E-state index in [9.17, 15) is 0 Å². The molecule has 29 heavy (non-hydrogen) atoms. The first-order valence-corrected chi connectivity index (χ1v) is 10.4. The minimum absolute atomic E-state index is 0.693. The number of aromatic nitrogens is 2. The van der Waals surface area contributed by atoms with Gasteiger partial charge >= 0.3 is 0 Å². The fourth-order valence-corrected chi connectivity index (χ4v) is 4.25. The molecule has 2 aromatic carbocycles. The highest BCUT2D eigenvalue weighted by atomic mass is 16.5. The van der Waals surface area contributed by atoms with Gasteiger partial charge in [0.15, 0.2) is 0 Å². The monoisotopic (exact) mass is 386 g/mol. The van der Waals surface area contributed by atoms with E-state index >= 15 is 0 Å². The number of fused-ring (bicyclic) bond motifs is 3. The number of rotatable bonds is 5. The maximum absolute atomic E-state index is 5.81. The van der Waals surface area contributed by atoms with Crippen LogP contribution in [0.3, 0.4) is 0 Å². The fraction of sp³-hybridized carbons (Fsp3) is 0.292. The normalized spacial score (nSPS) is 15.3. The summed E-state index contributed by atoms with van der Waals surface area (Å²) in [4.78, 5) is 13.1. The molecule has 1 aliphatic heterocycles. The number of benzene rings is 2. The maximum atomic E-state index is 5.81. The summed E-state index contributed by atoms with van der Waals surface area (Å²) in [6.07, 6.45) is 1.97. The molecule has 1 fully saturated rings. The molecule has 0 unspecified atom stereocenters. The van der Waals surface area contributed by atoms with E-state index in [0.717, 1.165) is 49.7 Å². The number of anilines is 1. The van der Waals surface area contributed by atoms with Crippen LogP contribution in [0.5, 0.6) is 5.75 Å². The second-order valence-electron chi connectivity index (χ2n) is 7.56. The Morgan fingerprint density at radius 3 is 2.59 bits per heavy atom. The van der Waals surface area contributed by atoms with Crippen LogP contribution in [0.4, 0.5) is 5.69 Å². The number of aromatic amines is 1. The van der Waals surface area contributed by atoms with Crippen LogP contribution >= 0.6 is 0 Å². The van der Waals surface area contributed by atoms with Gasteiger partial charge in [0.25, 0.3) is 0 Å². The quantitative estimate of drug-likeness (QED) is 0.551. The van der Waals surface area contributed by atoms with Crippen molar-refractivity contribution in [3.05, 3.63) is 66.5 Å². The van der Waals surface area contributed by atoms with Gasteiger partial charge in [-0.3, -0.25) is 9.88 Å². The van der Waals surface area contributed by atoms with Crippen LogP contribution in [0.15, 0.2) is 60.8 Å². The van der Waals surface area contributed by atoms with Gasteiger partial charge in [-0.1, -0.05) is 30.3 Å². The third-order valence-electron chi connectivity index (χ3n) is 5.71. The highest BCUT2D eigenvalue weighted by Crippen LogP contribution is 2.29. The second-order valence-corrected chi connectivity index (χ2v) is 7.56. The molecule has 2 aromatic heterocycles. The van der Waals surface area contributed by atoms with Crippen LogP contribution in [-0.2, 0) is 6.54 Å². The van der Waals surface area contributed by atoms with Gasteiger partial charge in [-0.2, -0.15) is 0 Å². The van der Waals surface area contributed by atoms with Crippen molar-refractivity contribution in [3.63, 3.8) is 0 Å². The molecule has 0 spiro atoms. The summed E-state index contributed by atoms with van der Waals surface area (Å²) in [5.74, 6) is 0.981. The van der Waals surface area contributed by atoms with E-state index in [1.54, 1.807) is 0 Å². The van der Waals surface area contributed by atoms with Crippen molar-refractivity contribution in [1.29, 1.82) is 0 Å². The lowest BCUT2D eigenvalue weighted by atomic mass is 10.1. The lowest BCUT2D eigenvalue weighted by molar-refractivity contribution is 0.246. The number of ether oxygens (including phenoxy) is 1. The van der Waals surface area contributed by atoms with Crippen molar-refractivity contribution >= 4 is 27.5 Å². The molecule has 0 saturated carbocycles. The number of nitrogens with zero attached hydrogens (tertiary/aromatic N) is 3. The summed E-state index contributed by atoms with van der Waals surface area (Å²) in [6, 6.07) is 19.0. The number of nitrogens with one attached hydrogen (secondary N) is 1. The Balaban J connectivity index is 1.29. The van der Waals surface area contributed by atoms with E-state index in [1.165, 1.54) is 22.0 Å². The van der Waals surface area contributed by atoms with Crippen LogP contribution in [0.2, 0.25) is 0 Å². The molecule has 1 saturated heterocycles. The van der Waals surface area contributed by atoms with E-state index < -0.39 is 0 Å². The molecule has 5 rings (SSSR count). The van der Waals surface area contributed by atoms with Gasteiger partial charge in [0.05, 0.1) is 29.7 Å². The van der Waals surface area contributed by atoms with Gasteiger partial charge in [-0.25, -0.2) is 0 Å². The number of hydrogen-bond donors (Lipinski definition) is 1. The third-order valence-corrected chi connectivity index (χ3v) is 5.71. The first-order chi connectivity index (χ1) is 14.3. The molecule has 5 nitrogen and oxygen atoms in total. The van der Waals surface area contributed by atoms with Crippen LogP contribution in [0, 0.1) is 0 Å². The Labute approximate surface area is 170 Å². The van der Waals surface area contributed by atoms with Gasteiger partial charge in [-0.05, 0) is 31.2 Å². The summed E-state index contributed by atoms with van der Waals surface area (Å²) in [7, 11) is 0. The molecule has 0 amide bonds. The van der Waals surface area contributed by atoms with Crippen molar-refractivity contribution in [2.24, 2.45) is 0 Å². The highest BCUT2D eigenvalue weighted by molar-refractivity contribution is 6.06. The van der Waals surface area contributed by atoms with Gasteiger partial charge in [-0.15, -0.1) is 0 Å². The number of hydrogen-bond acceptors (Lipinski definition) is 4. The van der Waals surface area contributed by atoms with E-state index in [4.69, 9.17) is 9.72 Å². The Bertz CT molecular complexity index is 1130. The van der Waals surface area contributed by atoms with Crippen LogP contribution in [0.25, 0.3) is 21.8 Å². The first-order valence-electron chi connectivity index (χ1n) is 10.4. The summed E-state index contributed by atoms with van der Waals surface area (Å²) < 4.78 is 5.81. The zero-order valence-electron chi connectivity index (χ0n) is 16.8. The van der Waals surface area contributed by atoms with E-state index in [1.807, 2.05) is 19.2 Å². The summed E-state index contributed by atoms with van der Waals surface area (Å²) in [5.41, 5.74) is 4.60. The minimum atomic E-state index is 0.693. The molecule has 0 bridgehead atoms. The topological polar surface area (TPSA) is 44.4 Å². The second kappa shape index (κ2) is 7.76. The fourth-order valence-electron chi connectivity index (χ4n) is 4.25. The van der Waals surface area contributed by atoms with Gasteiger partial charge < -0.3 is 14.6 Å². The van der Waals surface area contributed by atoms with E-state index in [0.29, 0.717) is 6.61 Å². The molecule has 1 aliphatic rings. The molecule has 148 valence electrons. The Morgan fingerprint density at radius 1 is 0.931 bits per heavy atom. The lowest BCUT2D eigenvalue weighted by Crippen LogP contribution is -2.46. The van der Waals surface area contributed by atoms with E-state index in [-0.39, 0.29) is 0 Å². The SMILES string of the molecule is CCOc1ccccc1N1CCN(Cc2cc3c(cn2)[nH]c2ccccc23)CC1. The predicted molar refractivity (Wildman–Crippen MR) is 119 cm³/mol. The minimum Gasteiger partial charge on any atom is -0.492 e. The summed E-state index contributed by atoms with van der Waals surface area (Å²) >= 11 is 0. The number of H-pyrrole nitrogens is 1. The summed E-state index contributed by atoms with van der Waals surface area (Å²) in [6.45, 7) is 7.66. The molecular formula is C24H26N4O.